The molecule has 0 fully saturated rings. The maximum absolute atomic E-state index is 4.20. The largest absolute Gasteiger partial charge is 0.179 e. The van der Waals surface area contributed by atoms with Crippen LogP contribution in [0.2, 0.25) is 0 Å². The van der Waals surface area contributed by atoms with E-state index in [1.807, 2.05) is 23.5 Å². The Morgan fingerprint density at radius 1 is 1.18 bits per heavy atom. The third-order valence-corrected chi connectivity index (χ3v) is 5.12. The van der Waals surface area contributed by atoms with Crippen molar-refractivity contribution >= 4 is 41.7 Å². The fourth-order valence-electron chi connectivity index (χ4n) is 1.53. The standard InChI is InChI=1S/C14H20S3/c1-12(2)14-6-4-3-5-13(14)11-17-10-9-16-8-7-15/h3-6,15H,1,7-11H2,2H3. The Labute approximate surface area is 119 Å². The summed E-state index contributed by atoms with van der Waals surface area (Å²) in [4.78, 5) is 0. The summed E-state index contributed by atoms with van der Waals surface area (Å²) < 4.78 is 0. The second kappa shape index (κ2) is 9.01. The van der Waals surface area contributed by atoms with Crippen molar-refractivity contribution in [2.45, 2.75) is 12.7 Å². The van der Waals surface area contributed by atoms with Crippen LogP contribution in [-0.2, 0) is 5.75 Å². The minimum atomic E-state index is 0.980. The van der Waals surface area contributed by atoms with Crippen LogP contribution in [0, 0.1) is 0 Å². The van der Waals surface area contributed by atoms with Crippen LogP contribution >= 0.6 is 36.2 Å². The molecule has 17 heavy (non-hydrogen) atoms. The molecule has 0 saturated carbocycles. The quantitative estimate of drug-likeness (QED) is 0.546. The van der Waals surface area contributed by atoms with Gasteiger partial charge in [0.1, 0.15) is 0 Å². The van der Waals surface area contributed by atoms with Crippen LogP contribution in [0.25, 0.3) is 5.57 Å². The average Bonchev–Trinajstić information content (AvgIpc) is 2.34. The SMILES string of the molecule is C=C(C)c1ccccc1CSCCSCCS. The molecule has 0 N–H and O–H groups in total. The number of benzene rings is 1. The van der Waals surface area contributed by atoms with Gasteiger partial charge in [0, 0.05) is 23.0 Å². The van der Waals surface area contributed by atoms with E-state index in [2.05, 4.69) is 50.4 Å². The van der Waals surface area contributed by atoms with Crippen molar-refractivity contribution in [1.82, 2.24) is 0 Å². The molecule has 0 spiro atoms. The number of hydrogen-bond acceptors (Lipinski definition) is 3. The Hall–Kier alpha value is 0.01000. The number of hydrogen-bond donors (Lipinski definition) is 1. The van der Waals surface area contributed by atoms with Crippen LogP contribution in [0.4, 0.5) is 0 Å². The molecule has 94 valence electrons. The molecule has 1 aromatic carbocycles. The molecule has 0 heterocycles. The summed E-state index contributed by atoms with van der Waals surface area (Å²) in [5.74, 6) is 5.66. The normalized spacial score (nSPS) is 10.5. The molecule has 0 bridgehead atoms. The van der Waals surface area contributed by atoms with E-state index in [-0.39, 0.29) is 0 Å². The first-order valence-electron chi connectivity index (χ1n) is 5.76. The third kappa shape index (κ3) is 5.94. The van der Waals surface area contributed by atoms with E-state index in [9.17, 15) is 0 Å². The summed E-state index contributed by atoms with van der Waals surface area (Å²) in [6, 6.07) is 8.56. The molecule has 1 rings (SSSR count). The second-order valence-corrected chi connectivity index (χ2v) is 6.60. The van der Waals surface area contributed by atoms with Gasteiger partial charge in [0.25, 0.3) is 0 Å². The van der Waals surface area contributed by atoms with Crippen molar-refractivity contribution in [1.29, 1.82) is 0 Å². The highest BCUT2D eigenvalue weighted by Gasteiger charge is 2.01. The van der Waals surface area contributed by atoms with Gasteiger partial charge < -0.3 is 0 Å². The summed E-state index contributed by atoms with van der Waals surface area (Å²) in [7, 11) is 0. The first-order chi connectivity index (χ1) is 8.25. The smallest absolute Gasteiger partial charge is 0.0190 e. The molecule has 0 aliphatic rings. The number of allylic oxidation sites excluding steroid dienone is 1. The molecule has 0 aliphatic carbocycles. The van der Waals surface area contributed by atoms with Crippen molar-refractivity contribution < 1.29 is 0 Å². The van der Waals surface area contributed by atoms with Crippen LogP contribution in [0.15, 0.2) is 30.8 Å². The maximum Gasteiger partial charge on any atom is 0.0190 e. The Balaban J connectivity index is 2.34. The van der Waals surface area contributed by atoms with Gasteiger partial charge in [-0.05, 0) is 23.8 Å². The van der Waals surface area contributed by atoms with Gasteiger partial charge in [-0.3, -0.25) is 0 Å². The van der Waals surface area contributed by atoms with E-state index in [1.165, 1.54) is 22.6 Å². The Kier molecular flexibility index (Phi) is 7.99. The molecule has 0 saturated heterocycles. The summed E-state index contributed by atoms with van der Waals surface area (Å²) in [5, 5.41) is 0. The van der Waals surface area contributed by atoms with Gasteiger partial charge in [0.05, 0.1) is 0 Å². The minimum absolute atomic E-state index is 0.980. The van der Waals surface area contributed by atoms with E-state index >= 15 is 0 Å². The highest BCUT2D eigenvalue weighted by Crippen LogP contribution is 2.22. The average molecular weight is 285 g/mol. The molecule has 0 nitrogen and oxygen atoms in total. The molecule has 1 aromatic rings. The molecular weight excluding hydrogens is 264 g/mol. The molecule has 3 heteroatoms. The Morgan fingerprint density at radius 2 is 1.88 bits per heavy atom. The lowest BCUT2D eigenvalue weighted by atomic mass is 10.0. The fourth-order valence-corrected chi connectivity index (χ4v) is 3.81. The Morgan fingerprint density at radius 3 is 2.59 bits per heavy atom. The number of thioether (sulfide) groups is 2. The zero-order valence-electron chi connectivity index (χ0n) is 10.3. The Bertz CT molecular complexity index is 347. The molecule has 0 unspecified atom stereocenters. The van der Waals surface area contributed by atoms with Crippen molar-refractivity contribution in [2.75, 3.05) is 23.0 Å². The van der Waals surface area contributed by atoms with Crippen molar-refractivity contribution in [3.63, 3.8) is 0 Å². The lowest BCUT2D eigenvalue weighted by molar-refractivity contribution is 1.36. The predicted octanol–water partition coefficient (Wildman–Crippen LogP) is 4.62. The summed E-state index contributed by atoms with van der Waals surface area (Å²) >= 11 is 8.19. The summed E-state index contributed by atoms with van der Waals surface area (Å²) in [6.07, 6.45) is 0. The van der Waals surface area contributed by atoms with E-state index in [0.29, 0.717) is 0 Å². The van der Waals surface area contributed by atoms with Crippen LogP contribution in [0.1, 0.15) is 18.1 Å². The summed E-state index contributed by atoms with van der Waals surface area (Å²) in [5.41, 5.74) is 3.87. The lowest BCUT2D eigenvalue weighted by Crippen LogP contribution is -1.92. The molecule has 0 atom stereocenters. The third-order valence-electron chi connectivity index (χ3n) is 2.34. The zero-order valence-corrected chi connectivity index (χ0v) is 12.8. The molecule has 0 radical (unpaired) electrons. The van der Waals surface area contributed by atoms with Crippen molar-refractivity contribution in [2.24, 2.45) is 0 Å². The number of rotatable bonds is 8. The maximum atomic E-state index is 4.20. The summed E-state index contributed by atoms with van der Waals surface area (Å²) in [6.45, 7) is 6.11. The van der Waals surface area contributed by atoms with Crippen LogP contribution < -0.4 is 0 Å². The van der Waals surface area contributed by atoms with Crippen LogP contribution in [0.5, 0.6) is 0 Å². The van der Waals surface area contributed by atoms with Crippen molar-refractivity contribution in [3.05, 3.63) is 42.0 Å². The lowest BCUT2D eigenvalue weighted by Gasteiger charge is -2.08. The van der Waals surface area contributed by atoms with Gasteiger partial charge in [-0.15, -0.1) is 0 Å². The molecule has 0 aliphatic heterocycles. The van der Waals surface area contributed by atoms with E-state index in [0.717, 1.165) is 22.8 Å². The van der Waals surface area contributed by atoms with Crippen LogP contribution in [0.3, 0.4) is 0 Å². The molecule has 0 amide bonds. The van der Waals surface area contributed by atoms with Crippen molar-refractivity contribution in [3.8, 4) is 0 Å². The van der Waals surface area contributed by atoms with E-state index in [1.54, 1.807) is 0 Å². The highest BCUT2D eigenvalue weighted by molar-refractivity contribution is 8.02. The van der Waals surface area contributed by atoms with Gasteiger partial charge in [-0.1, -0.05) is 36.4 Å². The molecule has 0 aromatic heterocycles. The van der Waals surface area contributed by atoms with Gasteiger partial charge in [0.2, 0.25) is 0 Å². The first kappa shape index (κ1) is 15.1. The van der Waals surface area contributed by atoms with Crippen LogP contribution in [-0.4, -0.2) is 23.0 Å². The zero-order chi connectivity index (χ0) is 12.5. The second-order valence-electron chi connectivity index (χ2n) is 3.83. The van der Waals surface area contributed by atoms with Gasteiger partial charge >= 0.3 is 0 Å². The van der Waals surface area contributed by atoms with E-state index < -0.39 is 0 Å². The molecular formula is C14H20S3. The fraction of sp³-hybridized carbons (Fsp3) is 0.429. The van der Waals surface area contributed by atoms with Gasteiger partial charge in [0.15, 0.2) is 0 Å². The topological polar surface area (TPSA) is 0 Å². The number of thiol groups is 1. The first-order valence-corrected chi connectivity index (χ1v) is 8.70. The predicted molar refractivity (Wildman–Crippen MR) is 88.5 cm³/mol. The monoisotopic (exact) mass is 284 g/mol. The van der Waals surface area contributed by atoms with Gasteiger partial charge in [-0.25, -0.2) is 0 Å². The highest BCUT2D eigenvalue weighted by atomic mass is 32.2. The van der Waals surface area contributed by atoms with Gasteiger partial charge in [-0.2, -0.15) is 36.2 Å². The van der Waals surface area contributed by atoms with E-state index in [4.69, 9.17) is 0 Å². The minimum Gasteiger partial charge on any atom is -0.179 e.